The van der Waals surface area contributed by atoms with Crippen LogP contribution in [0.5, 0.6) is 0 Å². The van der Waals surface area contributed by atoms with E-state index in [0.29, 0.717) is 0 Å². The van der Waals surface area contributed by atoms with Gasteiger partial charge in [0, 0.05) is 6.07 Å². The summed E-state index contributed by atoms with van der Waals surface area (Å²) in [5.74, 6) is 1.22. The largest absolute Gasteiger partial charge is 1.00 e. The highest BCUT2D eigenvalue weighted by Crippen LogP contribution is 2.27. The molecule has 1 aromatic carbocycles. The minimum Gasteiger partial charge on any atom is -1.00 e. The maximum atomic E-state index is 2.34. The predicted octanol–water partition coefficient (Wildman–Crippen LogP) is -0.763. The van der Waals surface area contributed by atoms with Gasteiger partial charge in [-0.05, 0) is 23.2 Å². The molecule has 72 valence electrons. The zero-order valence-electron chi connectivity index (χ0n) is 7.61. The van der Waals surface area contributed by atoms with E-state index in [4.69, 9.17) is 0 Å². The van der Waals surface area contributed by atoms with Crippen molar-refractivity contribution in [3.8, 4) is 0 Å². The van der Waals surface area contributed by atoms with E-state index in [2.05, 4.69) is 41.1 Å². The van der Waals surface area contributed by atoms with Gasteiger partial charge >= 0.3 is 0 Å². The van der Waals surface area contributed by atoms with Gasteiger partial charge in [-0.1, -0.05) is 18.2 Å². The number of aromatic nitrogens is 1. The number of hydrogen-bond donors (Lipinski definition) is 0. The fraction of sp³-hybridized carbons (Fsp3) is 0.182. The topological polar surface area (TPSA) is 3.88 Å². The van der Waals surface area contributed by atoms with E-state index in [-0.39, 0.29) is 17.0 Å². The average Bonchev–Trinajstić information content (AvgIpc) is 2.65. The first-order valence-corrected chi connectivity index (χ1v) is 5.48. The predicted molar refractivity (Wildman–Crippen MR) is 54.9 cm³/mol. The van der Waals surface area contributed by atoms with Gasteiger partial charge in [0.15, 0.2) is 12.7 Å². The van der Waals surface area contributed by atoms with Crippen molar-refractivity contribution in [1.82, 2.24) is 0 Å². The average molecular weight is 268 g/mol. The Hall–Kier alpha value is -0.540. The van der Waals surface area contributed by atoms with Crippen LogP contribution in [0, 0.1) is 0 Å². The normalized spacial score (nSPS) is 13.7. The molecule has 0 fully saturated rings. The van der Waals surface area contributed by atoms with Crippen molar-refractivity contribution in [3.63, 3.8) is 0 Å². The van der Waals surface area contributed by atoms with Gasteiger partial charge in [0.2, 0.25) is 5.03 Å². The number of halogens is 1. The van der Waals surface area contributed by atoms with Crippen molar-refractivity contribution >= 4 is 22.5 Å². The first-order chi connectivity index (χ1) is 6.45. The zero-order valence-corrected chi connectivity index (χ0v) is 10.0. The second kappa shape index (κ2) is 3.91. The highest BCUT2D eigenvalue weighted by molar-refractivity contribution is 7.99. The lowest BCUT2D eigenvalue weighted by Gasteiger charge is -1.97. The van der Waals surface area contributed by atoms with Gasteiger partial charge in [-0.3, -0.25) is 0 Å². The Morgan fingerprint density at radius 3 is 2.93 bits per heavy atom. The summed E-state index contributed by atoms with van der Waals surface area (Å²) < 4.78 is 2.34. The highest BCUT2D eigenvalue weighted by Gasteiger charge is 2.21. The van der Waals surface area contributed by atoms with Crippen LogP contribution in [0.2, 0.25) is 0 Å². The van der Waals surface area contributed by atoms with Gasteiger partial charge in [0.1, 0.15) is 0 Å². The lowest BCUT2D eigenvalue weighted by Crippen LogP contribution is -3.00. The number of hydrogen-bond acceptors (Lipinski definition) is 1. The first kappa shape index (κ1) is 9.99. The van der Waals surface area contributed by atoms with Crippen molar-refractivity contribution in [2.75, 3.05) is 5.75 Å². The third kappa shape index (κ3) is 1.44. The third-order valence-corrected chi connectivity index (χ3v) is 3.57. The van der Waals surface area contributed by atoms with E-state index in [1.54, 1.807) is 0 Å². The quantitative estimate of drug-likeness (QED) is 0.568. The van der Waals surface area contributed by atoms with Crippen LogP contribution in [0.15, 0.2) is 41.6 Å². The number of thioether (sulfide) groups is 1. The third-order valence-electron chi connectivity index (χ3n) is 2.46. The van der Waals surface area contributed by atoms with Crippen molar-refractivity contribution in [3.05, 3.63) is 36.5 Å². The van der Waals surface area contributed by atoms with Crippen molar-refractivity contribution < 1.29 is 21.5 Å². The van der Waals surface area contributed by atoms with Crippen LogP contribution in [0.1, 0.15) is 0 Å². The molecular formula is C11H10BrNS. The summed E-state index contributed by atoms with van der Waals surface area (Å²) in [6, 6.07) is 10.8. The smallest absolute Gasteiger partial charge is 0.248 e. The SMILES string of the molecule is [Br-].c1ccc2c3[n+](ccc2c1)CCS3. The Balaban J connectivity index is 0.000000750. The number of aryl methyl sites for hydroxylation is 1. The minimum atomic E-state index is 0. The van der Waals surface area contributed by atoms with Crippen LogP contribution in [0.3, 0.4) is 0 Å². The van der Waals surface area contributed by atoms with Gasteiger partial charge in [0.25, 0.3) is 0 Å². The summed E-state index contributed by atoms with van der Waals surface area (Å²) in [6.07, 6.45) is 2.19. The molecule has 0 amide bonds. The molecule has 2 aromatic rings. The summed E-state index contributed by atoms with van der Waals surface area (Å²) in [5.41, 5.74) is 0. The standard InChI is InChI=1S/C11H10NS.BrH/c1-2-4-10-9(3-1)5-6-12-7-8-13-11(10)12;/h1-6H,7-8H2;1H/q+1;/p-1. The van der Waals surface area contributed by atoms with Crippen LogP contribution in [0.25, 0.3) is 10.8 Å². The zero-order chi connectivity index (χ0) is 8.67. The Morgan fingerprint density at radius 2 is 2.00 bits per heavy atom. The molecule has 0 bridgehead atoms. The van der Waals surface area contributed by atoms with E-state index >= 15 is 0 Å². The maximum Gasteiger partial charge on any atom is 0.248 e. The second-order valence-electron chi connectivity index (χ2n) is 3.25. The highest BCUT2D eigenvalue weighted by atomic mass is 79.9. The Kier molecular flexibility index (Phi) is 2.79. The fourth-order valence-corrected chi connectivity index (χ4v) is 2.95. The number of rotatable bonds is 0. The summed E-state index contributed by atoms with van der Waals surface area (Å²) in [7, 11) is 0. The minimum absolute atomic E-state index is 0. The molecule has 0 saturated carbocycles. The lowest BCUT2D eigenvalue weighted by atomic mass is 10.2. The van der Waals surface area contributed by atoms with Crippen molar-refractivity contribution in [2.45, 2.75) is 11.6 Å². The number of fused-ring (bicyclic) bond motifs is 3. The van der Waals surface area contributed by atoms with E-state index in [1.165, 1.54) is 21.6 Å². The van der Waals surface area contributed by atoms with Crippen molar-refractivity contribution in [2.24, 2.45) is 0 Å². The molecule has 0 atom stereocenters. The summed E-state index contributed by atoms with van der Waals surface area (Å²) in [6.45, 7) is 1.16. The molecule has 14 heavy (non-hydrogen) atoms. The van der Waals surface area contributed by atoms with Gasteiger partial charge in [-0.15, -0.1) is 0 Å². The molecule has 0 spiro atoms. The molecular weight excluding hydrogens is 258 g/mol. The Morgan fingerprint density at radius 1 is 1.14 bits per heavy atom. The summed E-state index contributed by atoms with van der Waals surface area (Å²) in [5, 5.41) is 4.17. The molecule has 2 heterocycles. The molecule has 0 aliphatic carbocycles. The van der Waals surface area contributed by atoms with Crippen LogP contribution in [-0.4, -0.2) is 5.75 Å². The van der Waals surface area contributed by atoms with Gasteiger partial charge in [-0.25, -0.2) is 0 Å². The molecule has 0 N–H and O–H groups in total. The number of pyridine rings is 1. The monoisotopic (exact) mass is 267 g/mol. The molecule has 1 aliphatic heterocycles. The molecule has 1 aromatic heterocycles. The van der Waals surface area contributed by atoms with Crippen LogP contribution >= 0.6 is 11.8 Å². The second-order valence-corrected chi connectivity index (χ2v) is 4.33. The molecule has 3 rings (SSSR count). The van der Waals surface area contributed by atoms with Gasteiger partial charge < -0.3 is 17.0 Å². The summed E-state index contributed by atoms with van der Waals surface area (Å²) >= 11 is 1.96. The molecule has 0 radical (unpaired) electrons. The molecule has 1 aliphatic rings. The Bertz CT molecular complexity index is 470. The molecule has 3 heteroatoms. The summed E-state index contributed by atoms with van der Waals surface area (Å²) in [4.78, 5) is 0. The van der Waals surface area contributed by atoms with Crippen LogP contribution < -0.4 is 21.5 Å². The lowest BCUT2D eigenvalue weighted by molar-refractivity contribution is -0.721. The first-order valence-electron chi connectivity index (χ1n) is 4.49. The van der Waals surface area contributed by atoms with E-state index in [1.807, 2.05) is 11.8 Å². The number of benzene rings is 1. The maximum absolute atomic E-state index is 2.34. The van der Waals surface area contributed by atoms with Crippen molar-refractivity contribution in [1.29, 1.82) is 0 Å². The van der Waals surface area contributed by atoms with Crippen LogP contribution in [0.4, 0.5) is 0 Å². The van der Waals surface area contributed by atoms with Crippen LogP contribution in [-0.2, 0) is 6.54 Å². The molecule has 0 saturated heterocycles. The van der Waals surface area contributed by atoms with Gasteiger partial charge in [-0.2, -0.15) is 4.57 Å². The molecule has 1 nitrogen and oxygen atoms in total. The van der Waals surface area contributed by atoms with E-state index in [9.17, 15) is 0 Å². The fourth-order valence-electron chi connectivity index (χ4n) is 1.81. The number of nitrogens with zero attached hydrogens (tertiary/aromatic N) is 1. The Labute approximate surface area is 97.9 Å². The van der Waals surface area contributed by atoms with E-state index in [0.717, 1.165) is 6.54 Å². The van der Waals surface area contributed by atoms with Gasteiger partial charge in [0.05, 0.1) is 11.1 Å². The molecule has 0 unspecified atom stereocenters. The van der Waals surface area contributed by atoms with E-state index < -0.39 is 0 Å².